The maximum absolute atomic E-state index is 11.7. The largest absolute Gasteiger partial charge is 0.382 e. The second-order valence-corrected chi connectivity index (χ2v) is 4.89. The van der Waals surface area contributed by atoms with Crippen LogP contribution in [0.15, 0.2) is 24.5 Å². The van der Waals surface area contributed by atoms with Gasteiger partial charge in [0, 0.05) is 9.75 Å². The monoisotopic (exact) mass is 248 g/mol. The molecule has 2 rings (SSSR count). The Bertz CT molecular complexity index is 521. The molecule has 2 aromatic heterocycles. The van der Waals surface area contributed by atoms with E-state index in [2.05, 4.69) is 15.3 Å². The maximum atomic E-state index is 11.7. The molecule has 0 aliphatic heterocycles. The lowest BCUT2D eigenvalue weighted by Crippen LogP contribution is -2.23. The van der Waals surface area contributed by atoms with Crippen LogP contribution in [0.2, 0.25) is 0 Å². The molecule has 88 valence electrons. The van der Waals surface area contributed by atoms with E-state index in [1.54, 1.807) is 11.3 Å². The standard InChI is InChI=1S/C11H12N4OS/c1-7-2-3-8(17-7)4-15-11(16)9-5-14-10(12)6-13-9/h2-3,5-6H,4H2,1H3,(H2,12,14)(H,15,16). The molecule has 1 amide bonds. The van der Waals surface area contributed by atoms with Crippen molar-refractivity contribution < 1.29 is 4.79 Å². The van der Waals surface area contributed by atoms with E-state index in [-0.39, 0.29) is 11.6 Å². The predicted octanol–water partition coefficient (Wildman–Crippen LogP) is 1.36. The molecule has 2 heterocycles. The predicted molar refractivity (Wildman–Crippen MR) is 66.7 cm³/mol. The van der Waals surface area contributed by atoms with Crippen LogP contribution in [0.4, 0.5) is 5.82 Å². The third-order valence-corrected chi connectivity index (χ3v) is 3.12. The highest BCUT2D eigenvalue weighted by molar-refractivity contribution is 7.11. The number of carbonyl (C=O) groups excluding carboxylic acids is 1. The first kappa shape index (κ1) is 11.5. The number of amides is 1. The van der Waals surface area contributed by atoms with Crippen LogP contribution in [0.3, 0.4) is 0 Å². The summed E-state index contributed by atoms with van der Waals surface area (Å²) in [5, 5.41) is 2.78. The van der Waals surface area contributed by atoms with E-state index < -0.39 is 0 Å². The molecule has 0 atom stereocenters. The van der Waals surface area contributed by atoms with Crippen LogP contribution in [0.25, 0.3) is 0 Å². The summed E-state index contributed by atoms with van der Waals surface area (Å²) in [7, 11) is 0. The van der Waals surface area contributed by atoms with Gasteiger partial charge in [0.1, 0.15) is 11.5 Å². The lowest BCUT2D eigenvalue weighted by Gasteiger charge is -2.02. The van der Waals surface area contributed by atoms with Gasteiger partial charge in [0.15, 0.2) is 0 Å². The minimum absolute atomic E-state index is 0.247. The fourth-order valence-electron chi connectivity index (χ4n) is 1.29. The smallest absolute Gasteiger partial charge is 0.271 e. The number of aromatic nitrogens is 2. The van der Waals surface area contributed by atoms with Gasteiger partial charge in [-0.25, -0.2) is 9.97 Å². The average Bonchev–Trinajstić information content (AvgIpc) is 2.73. The third kappa shape index (κ3) is 3.01. The number of rotatable bonds is 3. The van der Waals surface area contributed by atoms with Crippen molar-refractivity contribution in [1.82, 2.24) is 15.3 Å². The highest BCUT2D eigenvalue weighted by Crippen LogP contribution is 2.14. The van der Waals surface area contributed by atoms with Crippen molar-refractivity contribution in [3.8, 4) is 0 Å². The molecule has 0 radical (unpaired) electrons. The van der Waals surface area contributed by atoms with Crippen molar-refractivity contribution in [3.05, 3.63) is 40.0 Å². The van der Waals surface area contributed by atoms with Crippen LogP contribution >= 0.6 is 11.3 Å². The van der Waals surface area contributed by atoms with E-state index in [4.69, 9.17) is 5.73 Å². The summed E-state index contributed by atoms with van der Waals surface area (Å²) >= 11 is 1.66. The van der Waals surface area contributed by atoms with Crippen molar-refractivity contribution in [3.63, 3.8) is 0 Å². The van der Waals surface area contributed by atoms with Crippen LogP contribution < -0.4 is 11.1 Å². The van der Waals surface area contributed by atoms with Gasteiger partial charge in [-0.2, -0.15) is 0 Å². The van der Waals surface area contributed by atoms with Crippen molar-refractivity contribution in [1.29, 1.82) is 0 Å². The number of nitrogen functional groups attached to an aromatic ring is 1. The fourth-order valence-corrected chi connectivity index (χ4v) is 2.12. The topological polar surface area (TPSA) is 80.9 Å². The van der Waals surface area contributed by atoms with E-state index in [0.717, 1.165) is 4.88 Å². The molecule has 0 spiro atoms. The molecular formula is C11H12N4OS. The van der Waals surface area contributed by atoms with Crippen molar-refractivity contribution in [2.45, 2.75) is 13.5 Å². The number of nitrogens with zero attached hydrogens (tertiary/aromatic N) is 2. The molecule has 2 aromatic rings. The van der Waals surface area contributed by atoms with E-state index in [1.807, 2.05) is 19.1 Å². The highest BCUT2D eigenvalue weighted by atomic mass is 32.1. The number of nitrogens with one attached hydrogen (secondary N) is 1. The van der Waals surface area contributed by atoms with E-state index in [1.165, 1.54) is 17.3 Å². The minimum atomic E-state index is -0.247. The number of nitrogens with two attached hydrogens (primary N) is 1. The van der Waals surface area contributed by atoms with Gasteiger partial charge in [-0.1, -0.05) is 0 Å². The zero-order valence-electron chi connectivity index (χ0n) is 9.30. The highest BCUT2D eigenvalue weighted by Gasteiger charge is 2.07. The fraction of sp³-hybridized carbons (Fsp3) is 0.182. The molecule has 0 unspecified atom stereocenters. The molecule has 0 fully saturated rings. The van der Waals surface area contributed by atoms with Crippen molar-refractivity contribution in [2.75, 3.05) is 5.73 Å². The molecule has 3 N–H and O–H groups in total. The van der Waals surface area contributed by atoms with Gasteiger partial charge in [0.25, 0.3) is 5.91 Å². The number of carbonyl (C=O) groups is 1. The normalized spacial score (nSPS) is 10.2. The van der Waals surface area contributed by atoms with Gasteiger partial charge >= 0.3 is 0 Å². The summed E-state index contributed by atoms with van der Waals surface area (Å²) in [5.74, 6) is 0.0546. The Morgan fingerprint density at radius 1 is 1.41 bits per heavy atom. The second kappa shape index (κ2) is 4.92. The third-order valence-electron chi connectivity index (χ3n) is 2.12. The quantitative estimate of drug-likeness (QED) is 0.859. The molecule has 0 aliphatic rings. The molecule has 0 aliphatic carbocycles. The first-order chi connectivity index (χ1) is 8.15. The first-order valence-electron chi connectivity index (χ1n) is 5.06. The van der Waals surface area contributed by atoms with Gasteiger partial charge in [0.05, 0.1) is 18.9 Å². The van der Waals surface area contributed by atoms with Crippen LogP contribution in [0, 0.1) is 6.92 Å². The Balaban J connectivity index is 1.95. The maximum Gasteiger partial charge on any atom is 0.271 e. The second-order valence-electron chi connectivity index (χ2n) is 3.52. The molecule has 0 saturated heterocycles. The summed E-state index contributed by atoms with van der Waals surface area (Å²) < 4.78 is 0. The van der Waals surface area contributed by atoms with E-state index in [9.17, 15) is 4.79 Å². The summed E-state index contributed by atoms with van der Waals surface area (Å²) in [4.78, 5) is 21.7. The molecule has 5 nitrogen and oxygen atoms in total. The van der Waals surface area contributed by atoms with Gasteiger partial charge in [-0.05, 0) is 19.1 Å². The number of anilines is 1. The first-order valence-corrected chi connectivity index (χ1v) is 5.88. The molecule has 0 aromatic carbocycles. The van der Waals surface area contributed by atoms with Gasteiger partial charge in [-0.15, -0.1) is 11.3 Å². The summed E-state index contributed by atoms with van der Waals surface area (Å²) in [6, 6.07) is 4.02. The zero-order chi connectivity index (χ0) is 12.3. The Kier molecular flexibility index (Phi) is 3.34. The number of hydrogen-bond donors (Lipinski definition) is 2. The molecule has 17 heavy (non-hydrogen) atoms. The summed E-state index contributed by atoms with van der Waals surface area (Å²) in [6.45, 7) is 2.53. The van der Waals surface area contributed by atoms with Gasteiger partial charge < -0.3 is 11.1 Å². The van der Waals surface area contributed by atoms with Crippen molar-refractivity contribution in [2.24, 2.45) is 0 Å². The summed E-state index contributed by atoms with van der Waals surface area (Å²) in [6.07, 6.45) is 2.73. The molecule has 0 bridgehead atoms. The van der Waals surface area contributed by atoms with E-state index in [0.29, 0.717) is 12.4 Å². The Hall–Kier alpha value is -1.95. The molecule has 0 saturated carbocycles. The average molecular weight is 248 g/mol. The minimum Gasteiger partial charge on any atom is -0.382 e. The number of aryl methyl sites for hydroxylation is 1. The Morgan fingerprint density at radius 3 is 2.82 bits per heavy atom. The lowest BCUT2D eigenvalue weighted by molar-refractivity contribution is 0.0946. The van der Waals surface area contributed by atoms with E-state index >= 15 is 0 Å². The lowest BCUT2D eigenvalue weighted by atomic mass is 10.4. The van der Waals surface area contributed by atoms with Crippen molar-refractivity contribution >= 4 is 23.1 Å². The SMILES string of the molecule is Cc1ccc(CNC(=O)c2cnc(N)cn2)s1. The molecule has 6 heteroatoms. The van der Waals surface area contributed by atoms with Gasteiger partial charge in [0.2, 0.25) is 0 Å². The Labute approximate surface area is 103 Å². The number of thiophene rings is 1. The zero-order valence-corrected chi connectivity index (χ0v) is 10.1. The van der Waals surface area contributed by atoms with Crippen LogP contribution in [-0.4, -0.2) is 15.9 Å². The number of hydrogen-bond acceptors (Lipinski definition) is 5. The van der Waals surface area contributed by atoms with Crippen LogP contribution in [0.1, 0.15) is 20.2 Å². The Morgan fingerprint density at radius 2 is 2.24 bits per heavy atom. The van der Waals surface area contributed by atoms with Crippen LogP contribution in [0.5, 0.6) is 0 Å². The van der Waals surface area contributed by atoms with Crippen LogP contribution in [-0.2, 0) is 6.54 Å². The summed E-state index contributed by atoms with van der Waals surface area (Å²) in [5.41, 5.74) is 5.66. The molecular weight excluding hydrogens is 236 g/mol. The van der Waals surface area contributed by atoms with Gasteiger partial charge in [-0.3, -0.25) is 4.79 Å².